The van der Waals surface area contributed by atoms with Crippen molar-refractivity contribution in [2.75, 3.05) is 7.11 Å². The molecule has 2 unspecified atom stereocenters. The first-order valence-electron chi connectivity index (χ1n) is 15.1. The molecule has 0 radical (unpaired) electrons. The van der Waals surface area contributed by atoms with E-state index in [9.17, 15) is 0 Å². The first-order valence-corrected chi connectivity index (χ1v) is 15.5. The minimum atomic E-state index is 0.305. The topological polar surface area (TPSA) is 39.9 Å². The lowest BCUT2D eigenvalue weighted by molar-refractivity contribution is 0.140. The Bertz CT molecular complexity index is 1960. The van der Waals surface area contributed by atoms with Gasteiger partial charge in [-0.3, -0.25) is 0 Å². The van der Waals surface area contributed by atoms with Crippen molar-refractivity contribution < 1.29 is 4.74 Å². The maximum atomic E-state index is 6.18. The molecule has 0 amide bonds. The van der Waals surface area contributed by atoms with Crippen LogP contribution >= 0.6 is 11.6 Å². The molecule has 2 heterocycles. The summed E-state index contributed by atoms with van der Waals surface area (Å²) < 4.78 is 8.10. The Labute approximate surface area is 258 Å². The molecule has 0 N–H and O–H groups in total. The highest BCUT2D eigenvalue weighted by atomic mass is 35.5. The summed E-state index contributed by atoms with van der Waals surface area (Å²) in [6.45, 7) is 7.22. The Balaban J connectivity index is 1.32. The van der Waals surface area contributed by atoms with Crippen LogP contribution in [0.4, 0.5) is 0 Å². The monoisotopic (exact) mass is 585 g/mol. The number of methoxy groups -OCH3 is 1. The summed E-state index contributed by atoms with van der Waals surface area (Å²) in [4.78, 5) is 10.3. The zero-order valence-electron chi connectivity index (χ0n) is 25.1. The molecule has 1 aliphatic rings. The van der Waals surface area contributed by atoms with Gasteiger partial charge in [0.1, 0.15) is 11.6 Å². The maximum Gasteiger partial charge on any atom is 0.141 e. The van der Waals surface area contributed by atoms with E-state index >= 15 is 0 Å². The van der Waals surface area contributed by atoms with E-state index in [1.807, 2.05) is 30.3 Å². The highest BCUT2D eigenvalue weighted by molar-refractivity contribution is 6.30. The fourth-order valence-corrected chi connectivity index (χ4v) is 7.39. The van der Waals surface area contributed by atoms with Crippen molar-refractivity contribution in [1.82, 2.24) is 14.5 Å². The smallest absolute Gasteiger partial charge is 0.141 e. The second-order valence-corrected chi connectivity index (χ2v) is 13.3. The molecule has 1 aliphatic carbocycles. The molecule has 0 spiro atoms. The Hall–Kier alpha value is -4.15. The molecule has 43 heavy (non-hydrogen) atoms. The number of aromatic nitrogens is 3. The summed E-state index contributed by atoms with van der Waals surface area (Å²) in [6, 6.07) is 33.9. The molecule has 2 atom stereocenters. The fourth-order valence-electron chi connectivity index (χ4n) is 7.27. The van der Waals surface area contributed by atoms with Gasteiger partial charge in [0.05, 0.1) is 29.4 Å². The Morgan fingerprint density at radius 2 is 1.58 bits per heavy atom. The van der Waals surface area contributed by atoms with Gasteiger partial charge in [-0.1, -0.05) is 68.8 Å². The third-order valence-electron chi connectivity index (χ3n) is 8.93. The second-order valence-electron chi connectivity index (χ2n) is 12.9. The van der Waals surface area contributed by atoms with E-state index in [1.165, 1.54) is 18.4 Å². The maximum absolute atomic E-state index is 6.18. The number of nitrogens with zero attached hydrogens (tertiary/aromatic N) is 3. The van der Waals surface area contributed by atoms with Crippen LogP contribution in [0.15, 0.2) is 97.1 Å². The molecule has 4 aromatic carbocycles. The number of para-hydroxylation sites is 2. The molecule has 216 valence electrons. The van der Waals surface area contributed by atoms with Gasteiger partial charge in [0.2, 0.25) is 0 Å². The van der Waals surface area contributed by atoms with Gasteiger partial charge in [0, 0.05) is 27.6 Å². The standard InChI is InChI=1S/C38H36ClN3O/c1-24-19-29(23-38(2,3)22-24)42-36-8-6-5-7-35(36)41-37(42)27-12-17-33-26(20-27)11-18-34(40-33)32-21-30(43-4)15-16-31(32)25-9-13-28(39)14-10-25/h5-18,20-21,24,29H,19,22-23H2,1-4H3. The number of hydrogen-bond acceptors (Lipinski definition) is 3. The van der Waals surface area contributed by atoms with Crippen LogP contribution in [0.3, 0.4) is 0 Å². The lowest BCUT2D eigenvalue weighted by atomic mass is 9.70. The van der Waals surface area contributed by atoms with E-state index in [0.717, 1.165) is 62.4 Å². The fraction of sp³-hybridized carbons (Fsp3) is 0.263. The number of fused-ring (bicyclic) bond motifs is 2. The molecule has 5 heteroatoms. The second kappa shape index (κ2) is 10.8. The lowest BCUT2D eigenvalue weighted by Crippen LogP contribution is -2.29. The van der Waals surface area contributed by atoms with Gasteiger partial charge in [-0.25, -0.2) is 9.97 Å². The quantitative estimate of drug-likeness (QED) is 0.202. The minimum absolute atomic E-state index is 0.305. The van der Waals surface area contributed by atoms with E-state index in [4.69, 9.17) is 26.3 Å². The normalized spacial score (nSPS) is 18.3. The average Bonchev–Trinajstić information content (AvgIpc) is 3.39. The Morgan fingerprint density at radius 3 is 2.37 bits per heavy atom. The number of hydrogen-bond donors (Lipinski definition) is 0. The van der Waals surface area contributed by atoms with Crippen LogP contribution in [0.2, 0.25) is 5.02 Å². The van der Waals surface area contributed by atoms with Crippen LogP contribution in [0, 0.1) is 11.3 Å². The highest BCUT2D eigenvalue weighted by Gasteiger charge is 2.34. The third kappa shape index (κ3) is 5.29. The predicted octanol–water partition coefficient (Wildman–Crippen LogP) is 10.6. The van der Waals surface area contributed by atoms with Crippen LogP contribution < -0.4 is 4.74 Å². The predicted molar refractivity (Wildman–Crippen MR) is 179 cm³/mol. The van der Waals surface area contributed by atoms with Gasteiger partial charge in [0.25, 0.3) is 0 Å². The van der Waals surface area contributed by atoms with Crippen molar-refractivity contribution in [3.8, 4) is 39.5 Å². The van der Waals surface area contributed by atoms with Gasteiger partial charge < -0.3 is 9.30 Å². The van der Waals surface area contributed by atoms with Crippen LogP contribution in [0.1, 0.15) is 46.1 Å². The Kier molecular flexibility index (Phi) is 6.98. The molecule has 4 nitrogen and oxygen atoms in total. The van der Waals surface area contributed by atoms with Gasteiger partial charge in [-0.05, 0) is 102 Å². The summed E-state index contributed by atoms with van der Waals surface area (Å²) in [5.74, 6) is 2.51. The highest BCUT2D eigenvalue weighted by Crippen LogP contribution is 2.46. The number of rotatable bonds is 5. The van der Waals surface area contributed by atoms with E-state index in [-0.39, 0.29) is 0 Å². The molecule has 2 aromatic heterocycles. The van der Waals surface area contributed by atoms with Crippen molar-refractivity contribution in [2.24, 2.45) is 11.3 Å². The largest absolute Gasteiger partial charge is 0.497 e. The molecular formula is C38H36ClN3O. The van der Waals surface area contributed by atoms with E-state index in [2.05, 4.69) is 92.1 Å². The van der Waals surface area contributed by atoms with Crippen molar-refractivity contribution in [3.05, 3.63) is 102 Å². The summed E-state index contributed by atoms with van der Waals surface area (Å²) in [5, 5.41) is 1.81. The van der Waals surface area contributed by atoms with Gasteiger partial charge in [-0.15, -0.1) is 0 Å². The van der Waals surface area contributed by atoms with Crippen LogP contribution in [0.5, 0.6) is 5.75 Å². The third-order valence-corrected chi connectivity index (χ3v) is 9.18. The molecule has 0 aliphatic heterocycles. The van der Waals surface area contributed by atoms with E-state index < -0.39 is 0 Å². The van der Waals surface area contributed by atoms with Gasteiger partial charge >= 0.3 is 0 Å². The molecule has 7 rings (SSSR count). The SMILES string of the molecule is COc1ccc(-c2ccc(Cl)cc2)c(-c2ccc3cc(-c4nc5ccccc5n4C4CC(C)CC(C)(C)C4)ccc3n2)c1. The minimum Gasteiger partial charge on any atom is -0.497 e. The van der Waals surface area contributed by atoms with Crippen LogP contribution in [-0.2, 0) is 0 Å². The summed E-state index contributed by atoms with van der Waals surface area (Å²) in [7, 11) is 1.69. The first-order chi connectivity index (χ1) is 20.8. The van der Waals surface area contributed by atoms with Crippen LogP contribution in [-0.4, -0.2) is 21.6 Å². The summed E-state index contributed by atoms with van der Waals surface area (Å²) in [6.07, 6.45) is 3.59. The van der Waals surface area contributed by atoms with Crippen molar-refractivity contribution in [3.63, 3.8) is 0 Å². The molecule has 0 saturated heterocycles. The lowest BCUT2D eigenvalue weighted by Gasteiger charge is -2.40. The zero-order chi connectivity index (χ0) is 29.7. The molecule has 6 aromatic rings. The molecule has 1 fully saturated rings. The van der Waals surface area contributed by atoms with E-state index in [0.29, 0.717) is 22.4 Å². The van der Waals surface area contributed by atoms with Crippen molar-refractivity contribution in [1.29, 1.82) is 0 Å². The number of imidazole rings is 1. The molecular weight excluding hydrogens is 550 g/mol. The number of pyridine rings is 1. The average molecular weight is 586 g/mol. The van der Waals surface area contributed by atoms with Crippen LogP contribution in [0.25, 0.3) is 55.7 Å². The van der Waals surface area contributed by atoms with Crippen molar-refractivity contribution >= 4 is 33.5 Å². The number of halogens is 1. The van der Waals surface area contributed by atoms with E-state index in [1.54, 1.807) is 7.11 Å². The first kappa shape index (κ1) is 27.7. The zero-order valence-corrected chi connectivity index (χ0v) is 25.9. The molecule has 1 saturated carbocycles. The summed E-state index contributed by atoms with van der Waals surface area (Å²) >= 11 is 6.18. The molecule has 0 bridgehead atoms. The number of ether oxygens (including phenoxy) is 1. The Morgan fingerprint density at radius 1 is 0.791 bits per heavy atom. The van der Waals surface area contributed by atoms with Gasteiger partial charge in [0.15, 0.2) is 0 Å². The number of benzene rings is 4. The summed E-state index contributed by atoms with van der Waals surface area (Å²) in [5.41, 5.74) is 8.72. The van der Waals surface area contributed by atoms with Crippen molar-refractivity contribution in [2.45, 2.75) is 46.1 Å². The van der Waals surface area contributed by atoms with Gasteiger partial charge in [-0.2, -0.15) is 0 Å².